The molecular formula is C29H35N9O2S. The predicted octanol–water partition coefficient (Wildman–Crippen LogP) is 3.85. The smallest absolute Gasteiger partial charge is 0.278 e. The minimum absolute atomic E-state index is 0.247. The predicted molar refractivity (Wildman–Crippen MR) is 164 cm³/mol. The normalized spacial score (nSPS) is 15.7. The Balaban J connectivity index is 1.45. The van der Waals surface area contributed by atoms with Crippen LogP contribution in [-0.2, 0) is 29.2 Å². The van der Waals surface area contributed by atoms with Crippen molar-refractivity contribution in [3.05, 3.63) is 70.7 Å². The van der Waals surface area contributed by atoms with E-state index in [0.29, 0.717) is 28.6 Å². The van der Waals surface area contributed by atoms with Crippen LogP contribution in [-0.4, -0.2) is 72.6 Å². The van der Waals surface area contributed by atoms with Gasteiger partial charge in [-0.05, 0) is 61.7 Å². The van der Waals surface area contributed by atoms with E-state index in [2.05, 4.69) is 55.2 Å². The number of rotatable bonds is 7. The van der Waals surface area contributed by atoms with Gasteiger partial charge in [-0.15, -0.1) is 6.58 Å². The lowest BCUT2D eigenvalue weighted by Gasteiger charge is -2.31. The fourth-order valence-electron chi connectivity index (χ4n) is 5.67. The Morgan fingerprint density at radius 1 is 1.15 bits per heavy atom. The van der Waals surface area contributed by atoms with Crippen molar-refractivity contribution < 1.29 is 4.21 Å². The molecule has 0 atom stereocenters. The van der Waals surface area contributed by atoms with E-state index in [1.54, 1.807) is 47.7 Å². The highest BCUT2D eigenvalue weighted by Crippen LogP contribution is 2.35. The molecule has 1 fully saturated rings. The first-order valence-electron chi connectivity index (χ1n) is 13.8. The molecule has 0 amide bonds. The summed E-state index contributed by atoms with van der Waals surface area (Å²) in [5.41, 5.74) is 5.11. The Morgan fingerprint density at radius 3 is 2.71 bits per heavy atom. The number of aromatic nitrogens is 5. The van der Waals surface area contributed by atoms with Crippen LogP contribution in [0.2, 0.25) is 0 Å². The van der Waals surface area contributed by atoms with Crippen LogP contribution in [0.25, 0.3) is 16.9 Å². The fourth-order valence-corrected chi connectivity index (χ4v) is 6.23. The second-order valence-electron chi connectivity index (χ2n) is 11.0. The minimum atomic E-state index is -2.42. The topological polar surface area (TPSA) is 114 Å². The third-order valence-electron chi connectivity index (χ3n) is 7.43. The maximum absolute atomic E-state index is 13.4. The lowest BCUT2D eigenvalue weighted by Crippen LogP contribution is -2.29. The number of pyridine rings is 1. The molecule has 1 N–H and O–H groups in total. The van der Waals surface area contributed by atoms with Gasteiger partial charge in [-0.2, -0.15) is 9.35 Å². The first-order valence-corrected chi connectivity index (χ1v) is 16.1. The zero-order valence-corrected chi connectivity index (χ0v) is 24.5. The molecule has 1 saturated heterocycles. The van der Waals surface area contributed by atoms with Crippen molar-refractivity contribution in [1.29, 1.82) is 0 Å². The zero-order valence-electron chi connectivity index (χ0n) is 23.7. The molecule has 0 radical (unpaired) electrons. The van der Waals surface area contributed by atoms with Gasteiger partial charge in [-0.1, -0.05) is 12.1 Å². The van der Waals surface area contributed by atoms with Gasteiger partial charge in [0.25, 0.3) is 5.56 Å². The van der Waals surface area contributed by atoms with Crippen LogP contribution < -0.4 is 15.8 Å². The van der Waals surface area contributed by atoms with Crippen molar-refractivity contribution >= 4 is 43.9 Å². The molecule has 0 bridgehead atoms. The van der Waals surface area contributed by atoms with Gasteiger partial charge in [0.2, 0.25) is 5.95 Å². The van der Waals surface area contributed by atoms with E-state index in [0.717, 1.165) is 38.3 Å². The zero-order chi connectivity index (χ0) is 28.7. The molecule has 12 heteroatoms. The number of nitrogens with one attached hydrogen (secondary N) is 1. The van der Waals surface area contributed by atoms with E-state index in [1.807, 2.05) is 0 Å². The Kier molecular flexibility index (Phi) is 7.12. The van der Waals surface area contributed by atoms with Crippen molar-refractivity contribution in [3.63, 3.8) is 0 Å². The van der Waals surface area contributed by atoms with Crippen LogP contribution in [0.15, 0.2) is 58.3 Å². The minimum Gasteiger partial charge on any atom is -0.371 e. The monoisotopic (exact) mass is 573 g/mol. The van der Waals surface area contributed by atoms with Crippen molar-refractivity contribution in [2.75, 3.05) is 49.4 Å². The molecule has 41 heavy (non-hydrogen) atoms. The lowest BCUT2D eigenvalue weighted by molar-refractivity contribution is 0.313. The SMILES string of the molecule is C=CCn1c(=O)c2cnc(Nc3cc4c(c(N5CCCC5)c3)CCN(C)C4)nc2n1-c1cccc(N=S(C)(C)=O)n1. The van der Waals surface area contributed by atoms with Crippen LogP contribution >= 0.6 is 0 Å². The summed E-state index contributed by atoms with van der Waals surface area (Å²) < 4.78 is 19.7. The van der Waals surface area contributed by atoms with Crippen LogP contribution in [0, 0.1) is 0 Å². The summed E-state index contributed by atoms with van der Waals surface area (Å²) in [7, 11) is -0.267. The van der Waals surface area contributed by atoms with Gasteiger partial charge in [0.1, 0.15) is 5.39 Å². The van der Waals surface area contributed by atoms with Crippen molar-refractivity contribution in [1.82, 2.24) is 29.2 Å². The average molecular weight is 574 g/mol. The molecule has 0 aliphatic carbocycles. The number of nitrogens with zero attached hydrogens (tertiary/aromatic N) is 8. The first-order chi connectivity index (χ1) is 19.7. The Morgan fingerprint density at radius 2 is 1.95 bits per heavy atom. The molecule has 0 unspecified atom stereocenters. The maximum Gasteiger partial charge on any atom is 0.278 e. The summed E-state index contributed by atoms with van der Waals surface area (Å²) in [4.78, 5) is 32.1. The van der Waals surface area contributed by atoms with E-state index in [1.165, 1.54) is 34.3 Å². The van der Waals surface area contributed by atoms with Gasteiger partial charge in [0.15, 0.2) is 17.3 Å². The fraction of sp³-hybridized carbons (Fsp3) is 0.379. The quantitative estimate of drug-likeness (QED) is 0.332. The standard InChI is InChI=1S/C29H35N9O2S/c1-5-12-37-28(39)23-18-30-29(33-27(23)38(37)26-10-8-9-25(32-26)34-41(3,4)40)31-21-16-20-19-35(2)15-11-22(20)24(17-21)36-13-6-7-14-36/h5,8-10,16-18H,1,6-7,11-15,19H2,2-4H3,(H,30,31,33). The van der Waals surface area contributed by atoms with Gasteiger partial charge >= 0.3 is 0 Å². The molecular weight excluding hydrogens is 538 g/mol. The second kappa shape index (κ2) is 10.7. The summed E-state index contributed by atoms with van der Waals surface area (Å²) in [6.07, 6.45) is 9.76. The number of likely N-dealkylation sites (N-methyl/N-ethyl adjacent to an activating group) is 1. The van der Waals surface area contributed by atoms with Crippen LogP contribution in [0.1, 0.15) is 24.0 Å². The summed E-state index contributed by atoms with van der Waals surface area (Å²) in [6, 6.07) is 9.62. The Labute approximate surface area is 239 Å². The summed E-state index contributed by atoms with van der Waals surface area (Å²) in [6.45, 7) is 8.15. The van der Waals surface area contributed by atoms with E-state index in [4.69, 9.17) is 4.98 Å². The number of hydrogen-bond donors (Lipinski definition) is 1. The third-order valence-corrected chi connectivity index (χ3v) is 8.06. The molecule has 3 aromatic heterocycles. The van der Waals surface area contributed by atoms with Crippen molar-refractivity contribution in [2.45, 2.75) is 32.4 Å². The molecule has 4 aromatic rings. The van der Waals surface area contributed by atoms with E-state index in [-0.39, 0.29) is 12.1 Å². The van der Waals surface area contributed by atoms with Crippen molar-refractivity contribution in [3.8, 4) is 5.82 Å². The molecule has 2 aliphatic heterocycles. The van der Waals surface area contributed by atoms with Crippen molar-refractivity contribution in [2.24, 2.45) is 4.36 Å². The molecule has 214 valence electrons. The second-order valence-corrected chi connectivity index (χ2v) is 13.5. The van der Waals surface area contributed by atoms with Crippen LogP contribution in [0.4, 0.5) is 23.1 Å². The van der Waals surface area contributed by atoms with E-state index >= 15 is 0 Å². The van der Waals surface area contributed by atoms with Gasteiger partial charge in [-0.25, -0.2) is 23.5 Å². The molecule has 0 saturated carbocycles. The number of fused-ring (bicyclic) bond motifs is 2. The molecule has 5 heterocycles. The van der Waals surface area contributed by atoms with Gasteiger partial charge in [-0.3, -0.25) is 4.79 Å². The summed E-state index contributed by atoms with van der Waals surface area (Å²) in [5, 5.41) is 3.78. The number of hydrogen-bond acceptors (Lipinski definition) is 9. The maximum atomic E-state index is 13.4. The Bertz CT molecular complexity index is 1820. The Hall–Kier alpha value is -4.03. The van der Waals surface area contributed by atoms with Gasteiger partial charge < -0.3 is 15.1 Å². The van der Waals surface area contributed by atoms with Crippen LogP contribution in [0.5, 0.6) is 0 Å². The van der Waals surface area contributed by atoms with E-state index in [9.17, 15) is 9.00 Å². The van der Waals surface area contributed by atoms with Crippen LogP contribution in [0.3, 0.4) is 0 Å². The number of benzene rings is 1. The molecule has 11 nitrogen and oxygen atoms in total. The molecule has 6 rings (SSSR count). The highest BCUT2D eigenvalue weighted by atomic mass is 32.2. The number of allylic oxidation sites excluding steroid dienone is 1. The van der Waals surface area contributed by atoms with Gasteiger partial charge in [0, 0.05) is 66.0 Å². The highest BCUT2D eigenvalue weighted by molar-refractivity contribution is 7.92. The average Bonchev–Trinajstić information content (AvgIpc) is 3.55. The molecule has 2 aliphatic rings. The third kappa shape index (κ3) is 5.49. The van der Waals surface area contributed by atoms with E-state index < -0.39 is 9.73 Å². The summed E-state index contributed by atoms with van der Waals surface area (Å²) in [5.74, 6) is 1.13. The summed E-state index contributed by atoms with van der Waals surface area (Å²) >= 11 is 0. The number of anilines is 3. The molecule has 1 aromatic carbocycles. The largest absolute Gasteiger partial charge is 0.371 e. The molecule has 0 spiro atoms. The first kappa shape index (κ1) is 27.2. The highest BCUT2D eigenvalue weighted by Gasteiger charge is 2.24. The lowest BCUT2D eigenvalue weighted by atomic mass is 9.96. The van der Waals surface area contributed by atoms with Gasteiger partial charge in [0.05, 0.1) is 6.54 Å².